The van der Waals surface area contributed by atoms with Gasteiger partial charge in [-0.1, -0.05) is 17.7 Å². The van der Waals surface area contributed by atoms with Crippen LogP contribution in [0.5, 0.6) is 0 Å². The van der Waals surface area contributed by atoms with Crippen LogP contribution in [-0.4, -0.2) is 39.0 Å². The standard InChI is InChI=1S/C17H18ClF3O5S/c1-27(24,25)15-6-5-10(7-11-13(22)3-2-4-14(11)23)16(18)12(15)8-26-9-17(19,20)21/h5-6,11H,2-4,7-9H2,1H3. The summed E-state index contributed by atoms with van der Waals surface area (Å²) in [6.07, 6.45) is -2.65. The highest BCUT2D eigenvalue weighted by Gasteiger charge is 2.32. The molecule has 2 rings (SSSR count). The number of rotatable bonds is 6. The maximum atomic E-state index is 12.3. The molecule has 0 heterocycles. The zero-order valence-corrected chi connectivity index (χ0v) is 16.0. The van der Waals surface area contributed by atoms with E-state index in [4.69, 9.17) is 11.6 Å². The van der Waals surface area contributed by atoms with E-state index >= 15 is 0 Å². The first-order valence-electron chi connectivity index (χ1n) is 8.10. The van der Waals surface area contributed by atoms with Crippen LogP contribution in [0.2, 0.25) is 5.02 Å². The topological polar surface area (TPSA) is 77.5 Å². The second-order valence-electron chi connectivity index (χ2n) is 6.44. The molecule has 0 unspecified atom stereocenters. The number of halogens is 4. The average molecular weight is 427 g/mol. The molecule has 5 nitrogen and oxygen atoms in total. The largest absolute Gasteiger partial charge is 0.411 e. The molecular formula is C17H18ClF3O5S. The van der Waals surface area contributed by atoms with Gasteiger partial charge >= 0.3 is 6.18 Å². The van der Waals surface area contributed by atoms with Crippen LogP contribution in [0.4, 0.5) is 13.2 Å². The van der Waals surface area contributed by atoms with Crippen molar-refractivity contribution in [3.05, 3.63) is 28.3 Å². The van der Waals surface area contributed by atoms with Gasteiger partial charge in [0, 0.05) is 24.7 Å². The highest BCUT2D eigenvalue weighted by atomic mass is 35.5. The number of hydrogen-bond donors (Lipinski definition) is 0. The minimum absolute atomic E-state index is 0.0210. The molecule has 0 saturated heterocycles. The molecule has 10 heteroatoms. The summed E-state index contributed by atoms with van der Waals surface area (Å²) in [6, 6.07) is 2.59. The van der Waals surface area contributed by atoms with Crippen molar-refractivity contribution >= 4 is 33.0 Å². The Morgan fingerprint density at radius 1 is 1.19 bits per heavy atom. The summed E-state index contributed by atoms with van der Waals surface area (Å²) in [5.74, 6) is -1.31. The smallest absolute Gasteiger partial charge is 0.367 e. The van der Waals surface area contributed by atoms with Crippen molar-refractivity contribution in [1.82, 2.24) is 0 Å². The third kappa shape index (κ3) is 5.76. The minimum Gasteiger partial charge on any atom is -0.367 e. The van der Waals surface area contributed by atoms with Crippen LogP contribution in [0.3, 0.4) is 0 Å². The molecule has 27 heavy (non-hydrogen) atoms. The van der Waals surface area contributed by atoms with E-state index in [1.807, 2.05) is 0 Å². The molecule has 0 bridgehead atoms. The van der Waals surface area contributed by atoms with Gasteiger partial charge in [0.25, 0.3) is 0 Å². The van der Waals surface area contributed by atoms with E-state index in [1.54, 1.807) is 0 Å². The van der Waals surface area contributed by atoms with E-state index in [-0.39, 0.29) is 46.3 Å². The Balaban J connectivity index is 2.35. The molecule has 1 aliphatic rings. The second-order valence-corrected chi connectivity index (χ2v) is 8.80. The normalized spacial score (nSPS) is 16.8. The minimum atomic E-state index is -4.57. The number of Topliss-reactive ketones (excluding diaryl/α,β-unsaturated/α-hetero) is 2. The lowest BCUT2D eigenvalue weighted by atomic mass is 9.82. The molecular weight excluding hydrogens is 409 g/mol. The molecule has 1 aliphatic carbocycles. The fraction of sp³-hybridized carbons (Fsp3) is 0.529. The number of carbonyl (C=O) groups excluding carboxylic acids is 2. The summed E-state index contributed by atoms with van der Waals surface area (Å²) >= 11 is 6.24. The van der Waals surface area contributed by atoms with Crippen molar-refractivity contribution in [2.24, 2.45) is 5.92 Å². The number of ketones is 2. The first kappa shape index (κ1) is 21.8. The van der Waals surface area contributed by atoms with Crippen LogP contribution in [0.25, 0.3) is 0 Å². The SMILES string of the molecule is CS(=O)(=O)c1ccc(CC2C(=O)CCCC2=O)c(Cl)c1COCC(F)(F)F. The average Bonchev–Trinajstić information content (AvgIpc) is 2.51. The third-order valence-corrected chi connectivity index (χ3v) is 5.89. The zero-order chi connectivity index (χ0) is 20.4. The molecule has 0 spiro atoms. The Morgan fingerprint density at radius 3 is 2.30 bits per heavy atom. The number of ether oxygens (including phenoxy) is 1. The van der Waals surface area contributed by atoms with Crippen LogP contribution >= 0.6 is 11.6 Å². The first-order chi connectivity index (χ1) is 12.4. The quantitative estimate of drug-likeness (QED) is 0.652. The van der Waals surface area contributed by atoms with Crippen LogP contribution in [0.15, 0.2) is 17.0 Å². The van der Waals surface area contributed by atoms with Crippen LogP contribution in [0, 0.1) is 5.92 Å². The summed E-state index contributed by atoms with van der Waals surface area (Å²) in [6.45, 7) is -2.22. The van der Waals surface area contributed by atoms with Crippen LogP contribution in [0.1, 0.15) is 30.4 Å². The van der Waals surface area contributed by atoms with Crippen molar-refractivity contribution in [3.63, 3.8) is 0 Å². The molecule has 0 atom stereocenters. The highest BCUT2D eigenvalue weighted by Crippen LogP contribution is 2.32. The first-order valence-corrected chi connectivity index (χ1v) is 10.4. The Morgan fingerprint density at radius 2 is 1.78 bits per heavy atom. The molecule has 0 amide bonds. The summed E-state index contributed by atoms with van der Waals surface area (Å²) < 4.78 is 65.4. The molecule has 0 radical (unpaired) electrons. The van der Waals surface area contributed by atoms with Gasteiger partial charge in [-0.2, -0.15) is 13.2 Å². The molecule has 1 fully saturated rings. The molecule has 0 N–H and O–H groups in total. The zero-order valence-electron chi connectivity index (χ0n) is 14.4. The Hall–Kier alpha value is -1.45. The molecule has 150 valence electrons. The lowest BCUT2D eigenvalue weighted by Crippen LogP contribution is -2.30. The van der Waals surface area contributed by atoms with Crippen molar-refractivity contribution in [1.29, 1.82) is 0 Å². The predicted molar refractivity (Wildman–Crippen MR) is 91.3 cm³/mol. The van der Waals surface area contributed by atoms with Gasteiger partial charge in [0.05, 0.1) is 22.4 Å². The Kier molecular flexibility index (Phi) is 6.70. The van der Waals surface area contributed by atoms with Crippen molar-refractivity contribution < 1.29 is 35.9 Å². The predicted octanol–water partition coefficient (Wildman–Crippen LogP) is 3.30. The molecule has 1 saturated carbocycles. The Labute approximate surface area is 159 Å². The maximum absolute atomic E-state index is 12.3. The van der Waals surface area contributed by atoms with Crippen LogP contribution < -0.4 is 0 Å². The summed E-state index contributed by atoms with van der Waals surface area (Å²) in [7, 11) is -3.77. The molecule has 0 aliphatic heterocycles. The van der Waals surface area contributed by atoms with E-state index in [0.717, 1.165) is 6.26 Å². The van der Waals surface area contributed by atoms with Gasteiger partial charge < -0.3 is 4.74 Å². The monoisotopic (exact) mass is 426 g/mol. The third-order valence-electron chi connectivity index (χ3n) is 4.24. The van der Waals surface area contributed by atoms with Gasteiger partial charge in [0.15, 0.2) is 9.84 Å². The second kappa shape index (κ2) is 8.28. The van der Waals surface area contributed by atoms with Crippen LogP contribution in [-0.2, 0) is 37.2 Å². The lowest BCUT2D eigenvalue weighted by Gasteiger charge is -2.21. The molecule has 1 aromatic carbocycles. The van der Waals surface area contributed by atoms with E-state index in [2.05, 4.69) is 4.74 Å². The van der Waals surface area contributed by atoms with Gasteiger partial charge in [-0.15, -0.1) is 0 Å². The number of alkyl halides is 3. The maximum Gasteiger partial charge on any atom is 0.411 e. The van der Waals surface area contributed by atoms with Gasteiger partial charge in [-0.3, -0.25) is 9.59 Å². The van der Waals surface area contributed by atoms with E-state index in [0.29, 0.717) is 12.0 Å². The number of carbonyl (C=O) groups is 2. The van der Waals surface area contributed by atoms with Gasteiger partial charge in [0.1, 0.15) is 18.2 Å². The number of hydrogen-bond acceptors (Lipinski definition) is 5. The molecule has 0 aromatic heterocycles. The van der Waals surface area contributed by atoms with Gasteiger partial charge in [-0.05, 0) is 24.5 Å². The van der Waals surface area contributed by atoms with Crippen molar-refractivity contribution in [2.75, 3.05) is 12.9 Å². The Bertz CT molecular complexity index is 833. The fourth-order valence-corrected chi connectivity index (χ4v) is 4.25. The highest BCUT2D eigenvalue weighted by molar-refractivity contribution is 7.90. The lowest BCUT2D eigenvalue weighted by molar-refractivity contribution is -0.176. The van der Waals surface area contributed by atoms with Crippen molar-refractivity contribution in [3.8, 4) is 0 Å². The summed E-state index contributed by atoms with van der Waals surface area (Å²) in [5.41, 5.74) is 0.208. The van der Waals surface area contributed by atoms with E-state index < -0.39 is 35.1 Å². The fourth-order valence-electron chi connectivity index (χ4n) is 2.97. The summed E-state index contributed by atoms with van der Waals surface area (Å²) in [4.78, 5) is 23.8. The van der Waals surface area contributed by atoms with E-state index in [1.165, 1.54) is 12.1 Å². The summed E-state index contributed by atoms with van der Waals surface area (Å²) in [5, 5.41) is -0.105. The molecule has 1 aromatic rings. The number of sulfone groups is 1. The van der Waals surface area contributed by atoms with Gasteiger partial charge in [-0.25, -0.2) is 8.42 Å². The van der Waals surface area contributed by atoms with E-state index in [9.17, 15) is 31.2 Å². The number of benzene rings is 1. The van der Waals surface area contributed by atoms with Gasteiger partial charge in [0.2, 0.25) is 0 Å². The van der Waals surface area contributed by atoms with Crippen molar-refractivity contribution in [2.45, 2.75) is 43.4 Å².